The van der Waals surface area contributed by atoms with Crippen molar-refractivity contribution in [1.82, 2.24) is 10.2 Å². The van der Waals surface area contributed by atoms with Gasteiger partial charge in [-0.3, -0.25) is 5.10 Å². The first-order chi connectivity index (χ1) is 20.7. The number of aromatic amines is 1. The van der Waals surface area contributed by atoms with Gasteiger partial charge in [-0.15, -0.1) is 0 Å². The molecule has 0 amide bonds. The van der Waals surface area contributed by atoms with E-state index in [1.54, 1.807) is 12.5 Å². The molecular formula is C36H34N2O4. The Bertz CT molecular complexity index is 1660. The van der Waals surface area contributed by atoms with Gasteiger partial charge in [0.2, 0.25) is 0 Å². The fraction of sp³-hybridized carbons (Fsp3) is 0.194. The number of allylic oxidation sites excluding steroid dienone is 4. The van der Waals surface area contributed by atoms with Gasteiger partial charge in [0.1, 0.15) is 42.9 Å². The largest absolute Gasteiger partial charge is 0.488 e. The summed E-state index contributed by atoms with van der Waals surface area (Å²) in [6, 6.07) is 24.4. The molecule has 0 spiro atoms. The van der Waals surface area contributed by atoms with Gasteiger partial charge in [-0.2, -0.15) is 5.10 Å². The van der Waals surface area contributed by atoms with Crippen LogP contribution in [0.5, 0.6) is 11.5 Å². The van der Waals surface area contributed by atoms with Gasteiger partial charge < -0.3 is 18.9 Å². The second-order valence-corrected chi connectivity index (χ2v) is 10.3. The number of rotatable bonds is 10. The minimum atomic E-state index is 0.410. The molecule has 0 unspecified atom stereocenters. The molecular weight excluding hydrogens is 524 g/mol. The number of hydrogen-bond acceptors (Lipinski definition) is 5. The third kappa shape index (κ3) is 6.03. The van der Waals surface area contributed by atoms with Crippen LogP contribution in [0, 0.1) is 6.92 Å². The number of ether oxygens (including phenoxy) is 4. The molecule has 0 fully saturated rings. The highest BCUT2D eigenvalue weighted by Gasteiger charge is 2.26. The van der Waals surface area contributed by atoms with E-state index < -0.39 is 0 Å². The lowest BCUT2D eigenvalue weighted by Crippen LogP contribution is -2.05. The van der Waals surface area contributed by atoms with Crippen LogP contribution in [0.2, 0.25) is 0 Å². The maximum Gasteiger partial charge on any atom is 0.173 e. The second-order valence-electron chi connectivity index (χ2n) is 10.3. The van der Waals surface area contributed by atoms with Gasteiger partial charge >= 0.3 is 0 Å². The van der Waals surface area contributed by atoms with Crippen molar-refractivity contribution in [3.05, 3.63) is 143 Å². The van der Waals surface area contributed by atoms with Crippen LogP contribution in [0.25, 0.3) is 17.0 Å². The maximum absolute atomic E-state index is 6.48. The molecule has 3 aromatic carbocycles. The van der Waals surface area contributed by atoms with E-state index in [0.717, 1.165) is 69.8 Å². The molecule has 0 atom stereocenters. The molecule has 6 heteroatoms. The fourth-order valence-electron chi connectivity index (χ4n) is 5.10. The van der Waals surface area contributed by atoms with Crippen molar-refractivity contribution in [3.8, 4) is 22.8 Å². The zero-order valence-corrected chi connectivity index (χ0v) is 23.9. The van der Waals surface area contributed by atoms with Gasteiger partial charge in [-0.1, -0.05) is 85.8 Å². The standard InChI is InChI=1S/C36H34N2O4/c1-3-28-19-30(36-35(25(2)37-38-36)34-24-39-23-33(42-34)29-17-11-6-12-18-29)32(41-22-27-15-9-5-10-16-27)20-31(28)40-21-26-13-7-4-8-14-26/h4-11,13-17,19-20,23-24H,3,12,18,21-22H2,1-2H3,(H,37,38). The number of nitrogens with zero attached hydrogens (tertiary/aromatic N) is 1. The summed E-state index contributed by atoms with van der Waals surface area (Å²) in [4.78, 5) is 0. The minimum Gasteiger partial charge on any atom is -0.488 e. The summed E-state index contributed by atoms with van der Waals surface area (Å²) in [5.41, 5.74) is 7.63. The third-order valence-corrected chi connectivity index (χ3v) is 7.37. The number of hydrogen-bond donors (Lipinski definition) is 1. The zero-order chi connectivity index (χ0) is 28.7. The molecule has 0 saturated carbocycles. The Morgan fingerprint density at radius 3 is 2.21 bits per heavy atom. The average molecular weight is 559 g/mol. The summed E-state index contributed by atoms with van der Waals surface area (Å²) in [5.74, 6) is 2.78. The lowest BCUT2D eigenvalue weighted by molar-refractivity contribution is 0.285. The highest BCUT2D eigenvalue weighted by Crippen LogP contribution is 2.42. The Balaban J connectivity index is 1.37. The topological polar surface area (TPSA) is 65.6 Å². The van der Waals surface area contributed by atoms with E-state index in [9.17, 15) is 0 Å². The minimum absolute atomic E-state index is 0.410. The van der Waals surface area contributed by atoms with Crippen molar-refractivity contribution in [2.45, 2.75) is 46.3 Å². The van der Waals surface area contributed by atoms with Gasteiger partial charge in [0.05, 0.1) is 5.56 Å². The van der Waals surface area contributed by atoms with Gasteiger partial charge in [0.15, 0.2) is 11.5 Å². The first-order valence-electron chi connectivity index (χ1n) is 14.4. The summed E-state index contributed by atoms with van der Waals surface area (Å²) >= 11 is 0. The first-order valence-corrected chi connectivity index (χ1v) is 14.4. The smallest absolute Gasteiger partial charge is 0.173 e. The van der Waals surface area contributed by atoms with Gasteiger partial charge in [-0.25, -0.2) is 0 Å². The molecule has 0 bridgehead atoms. The average Bonchev–Trinajstić information content (AvgIpc) is 3.45. The maximum atomic E-state index is 6.48. The predicted octanol–water partition coefficient (Wildman–Crippen LogP) is 8.57. The van der Waals surface area contributed by atoms with Crippen molar-refractivity contribution < 1.29 is 18.9 Å². The van der Waals surface area contributed by atoms with E-state index in [0.29, 0.717) is 30.5 Å². The van der Waals surface area contributed by atoms with Crippen LogP contribution in [0.1, 0.15) is 47.7 Å². The Hall–Kier alpha value is -4.97. The highest BCUT2D eigenvalue weighted by molar-refractivity contribution is 5.82. The van der Waals surface area contributed by atoms with Crippen LogP contribution in [-0.4, -0.2) is 10.2 Å². The van der Waals surface area contributed by atoms with Crippen molar-refractivity contribution in [2.24, 2.45) is 0 Å². The van der Waals surface area contributed by atoms with E-state index in [1.165, 1.54) is 0 Å². The molecule has 2 heterocycles. The molecule has 6 rings (SSSR count). The molecule has 1 aliphatic heterocycles. The van der Waals surface area contributed by atoms with Crippen molar-refractivity contribution in [2.75, 3.05) is 0 Å². The number of aryl methyl sites for hydroxylation is 2. The molecule has 1 aliphatic carbocycles. The first kappa shape index (κ1) is 27.2. The molecule has 0 saturated heterocycles. The van der Waals surface area contributed by atoms with E-state index in [4.69, 9.17) is 24.0 Å². The van der Waals surface area contributed by atoms with Crippen molar-refractivity contribution in [1.29, 1.82) is 0 Å². The van der Waals surface area contributed by atoms with E-state index in [2.05, 4.69) is 60.6 Å². The Labute approximate surface area is 246 Å². The summed E-state index contributed by atoms with van der Waals surface area (Å²) in [6.07, 6.45) is 12.2. The number of aromatic nitrogens is 2. The Morgan fingerprint density at radius 2 is 1.55 bits per heavy atom. The van der Waals surface area contributed by atoms with Crippen LogP contribution >= 0.6 is 0 Å². The molecule has 2 aliphatic rings. The van der Waals surface area contributed by atoms with E-state index in [1.807, 2.05) is 49.4 Å². The lowest BCUT2D eigenvalue weighted by Gasteiger charge is -2.21. The summed E-state index contributed by atoms with van der Waals surface area (Å²) < 4.78 is 25.0. The fourth-order valence-corrected chi connectivity index (χ4v) is 5.10. The molecule has 6 nitrogen and oxygen atoms in total. The van der Waals surface area contributed by atoms with Gasteiger partial charge in [0.25, 0.3) is 0 Å². The number of nitrogens with one attached hydrogen (secondary N) is 1. The SMILES string of the molecule is CCc1cc(-c2n[nH]c(C)c2C2=COC=C(C3=CC=CCC3)O2)c(OCc2ccccc2)cc1OCc1ccccc1. The molecule has 42 heavy (non-hydrogen) atoms. The summed E-state index contributed by atoms with van der Waals surface area (Å²) in [7, 11) is 0. The van der Waals surface area contributed by atoms with E-state index >= 15 is 0 Å². The highest BCUT2D eigenvalue weighted by atomic mass is 16.5. The Kier molecular flexibility index (Phi) is 8.22. The normalized spacial score (nSPS) is 14.3. The summed E-state index contributed by atoms with van der Waals surface area (Å²) in [5, 5.41) is 7.91. The quantitative estimate of drug-likeness (QED) is 0.211. The van der Waals surface area contributed by atoms with Crippen molar-refractivity contribution >= 4 is 5.76 Å². The van der Waals surface area contributed by atoms with Gasteiger partial charge in [0, 0.05) is 17.3 Å². The van der Waals surface area contributed by atoms with E-state index in [-0.39, 0.29) is 0 Å². The second kappa shape index (κ2) is 12.7. The monoisotopic (exact) mass is 558 g/mol. The number of benzene rings is 3. The molecule has 1 aromatic heterocycles. The molecule has 212 valence electrons. The van der Waals surface area contributed by atoms with Crippen molar-refractivity contribution in [3.63, 3.8) is 0 Å². The van der Waals surface area contributed by atoms with Crippen LogP contribution < -0.4 is 9.47 Å². The molecule has 0 radical (unpaired) electrons. The van der Waals surface area contributed by atoms with Crippen LogP contribution in [0.3, 0.4) is 0 Å². The van der Waals surface area contributed by atoms with Crippen LogP contribution in [-0.2, 0) is 29.1 Å². The zero-order valence-electron chi connectivity index (χ0n) is 23.9. The Morgan fingerprint density at radius 1 is 0.857 bits per heavy atom. The summed E-state index contributed by atoms with van der Waals surface area (Å²) in [6.45, 7) is 4.99. The van der Waals surface area contributed by atoms with Crippen LogP contribution in [0.15, 0.2) is 115 Å². The lowest BCUT2D eigenvalue weighted by atomic mass is 9.99. The molecule has 1 N–H and O–H groups in total. The number of H-pyrrole nitrogens is 1. The van der Waals surface area contributed by atoms with Gasteiger partial charge in [-0.05, 0) is 54.5 Å². The predicted molar refractivity (Wildman–Crippen MR) is 164 cm³/mol. The third-order valence-electron chi connectivity index (χ3n) is 7.37. The van der Waals surface area contributed by atoms with Crippen LogP contribution in [0.4, 0.5) is 0 Å². The molecule has 4 aromatic rings.